The lowest BCUT2D eigenvalue weighted by molar-refractivity contribution is -0.161. The van der Waals surface area contributed by atoms with Gasteiger partial charge in [-0.2, -0.15) is 0 Å². The van der Waals surface area contributed by atoms with Crippen molar-refractivity contribution in [1.82, 2.24) is 0 Å². The summed E-state index contributed by atoms with van der Waals surface area (Å²) in [6.07, 6.45) is 48.9. The number of phosphoric ester groups is 1. The molecule has 0 aromatic rings. The fourth-order valence-electron chi connectivity index (χ4n) is 7.64. The van der Waals surface area contributed by atoms with Crippen molar-refractivity contribution in [3.63, 3.8) is 0 Å². The molecule has 62 heavy (non-hydrogen) atoms. The summed E-state index contributed by atoms with van der Waals surface area (Å²) < 4.78 is 32.9. The first kappa shape index (κ1) is 60.7. The number of aliphatic hydroxyl groups excluding tert-OH is 2. The van der Waals surface area contributed by atoms with Crippen LogP contribution in [0.25, 0.3) is 0 Å². The lowest BCUT2D eigenvalue weighted by atomic mass is 10.0. The standard InChI is InChI=1S/C51H99O10P/c1-3-5-7-9-11-13-15-17-19-21-23-25-26-28-30-32-34-36-38-40-42-50(54)58-46-49(47-60-62(56,57)59-45-48(53)44-52)61-51(55)43-41-39-37-35-33-31-29-27-24-22-20-18-16-14-12-10-8-6-4-2/h18,20,48-49,52-53H,3-17,19,21-47H2,1-2H3,(H,56,57)/b20-18-. The molecule has 0 bridgehead atoms. The number of phosphoric acid groups is 1. The number of carbonyl (C=O) groups excluding carboxylic acids is 2. The van der Waals surface area contributed by atoms with E-state index in [1.165, 1.54) is 193 Å². The molecule has 3 unspecified atom stereocenters. The summed E-state index contributed by atoms with van der Waals surface area (Å²) in [5.74, 6) is -0.909. The number of aliphatic hydroxyl groups is 2. The Morgan fingerprint density at radius 2 is 0.790 bits per heavy atom. The highest BCUT2D eigenvalue weighted by molar-refractivity contribution is 7.47. The first-order valence-electron chi connectivity index (χ1n) is 26.1. The van der Waals surface area contributed by atoms with Gasteiger partial charge in [-0.15, -0.1) is 0 Å². The van der Waals surface area contributed by atoms with E-state index in [4.69, 9.17) is 23.6 Å². The Hall–Kier alpha value is -1.29. The van der Waals surface area contributed by atoms with Crippen molar-refractivity contribution < 1.29 is 47.8 Å². The van der Waals surface area contributed by atoms with Gasteiger partial charge >= 0.3 is 19.8 Å². The van der Waals surface area contributed by atoms with Gasteiger partial charge in [0.2, 0.25) is 0 Å². The third-order valence-electron chi connectivity index (χ3n) is 11.7. The quantitative estimate of drug-likeness (QED) is 0.0233. The van der Waals surface area contributed by atoms with E-state index in [1.54, 1.807) is 0 Å². The number of ether oxygens (including phenoxy) is 2. The Morgan fingerprint density at radius 1 is 0.468 bits per heavy atom. The Balaban J connectivity index is 4.13. The van der Waals surface area contributed by atoms with Gasteiger partial charge in [-0.25, -0.2) is 4.57 Å². The smallest absolute Gasteiger partial charge is 0.462 e. The Morgan fingerprint density at radius 3 is 1.16 bits per heavy atom. The zero-order chi connectivity index (χ0) is 45.5. The van der Waals surface area contributed by atoms with E-state index in [0.29, 0.717) is 12.8 Å². The Bertz CT molecular complexity index is 1040. The van der Waals surface area contributed by atoms with Crippen LogP contribution in [0.4, 0.5) is 0 Å². The maximum absolute atomic E-state index is 12.7. The first-order valence-corrected chi connectivity index (χ1v) is 27.6. The van der Waals surface area contributed by atoms with E-state index < -0.39 is 51.8 Å². The summed E-state index contributed by atoms with van der Waals surface area (Å²) in [4.78, 5) is 35.2. The van der Waals surface area contributed by atoms with Crippen LogP contribution in [0.3, 0.4) is 0 Å². The molecule has 0 fully saturated rings. The van der Waals surface area contributed by atoms with Crippen LogP contribution >= 0.6 is 7.82 Å². The molecule has 11 heteroatoms. The molecule has 0 aliphatic rings. The normalized spacial score (nSPS) is 13.7. The van der Waals surface area contributed by atoms with Gasteiger partial charge in [0, 0.05) is 12.8 Å². The number of carbonyl (C=O) groups is 2. The Labute approximate surface area is 381 Å². The number of allylic oxidation sites excluding steroid dienone is 2. The molecule has 0 saturated carbocycles. The van der Waals surface area contributed by atoms with Crippen molar-refractivity contribution in [2.75, 3.05) is 26.4 Å². The van der Waals surface area contributed by atoms with Gasteiger partial charge in [-0.3, -0.25) is 18.6 Å². The molecule has 10 nitrogen and oxygen atoms in total. The van der Waals surface area contributed by atoms with Crippen molar-refractivity contribution in [1.29, 1.82) is 0 Å². The summed E-state index contributed by atoms with van der Waals surface area (Å²) in [7, 11) is -4.62. The molecule has 3 atom stereocenters. The number of hydrogen-bond donors (Lipinski definition) is 3. The van der Waals surface area contributed by atoms with Gasteiger partial charge < -0.3 is 24.6 Å². The van der Waals surface area contributed by atoms with Crippen LogP contribution in [0.15, 0.2) is 12.2 Å². The fourth-order valence-corrected chi connectivity index (χ4v) is 8.43. The lowest BCUT2D eigenvalue weighted by Gasteiger charge is -2.20. The minimum absolute atomic E-state index is 0.187. The zero-order valence-electron chi connectivity index (χ0n) is 40.4. The summed E-state index contributed by atoms with van der Waals surface area (Å²) in [5, 5.41) is 18.4. The van der Waals surface area contributed by atoms with Crippen LogP contribution in [-0.2, 0) is 32.7 Å². The molecule has 0 aliphatic heterocycles. The molecule has 0 aromatic heterocycles. The van der Waals surface area contributed by atoms with E-state index in [9.17, 15) is 24.2 Å². The average Bonchev–Trinajstić information content (AvgIpc) is 3.26. The lowest BCUT2D eigenvalue weighted by Crippen LogP contribution is -2.29. The molecule has 0 amide bonds. The Kier molecular flexibility index (Phi) is 46.7. The summed E-state index contributed by atoms with van der Waals surface area (Å²) in [6, 6.07) is 0. The second kappa shape index (κ2) is 47.7. The van der Waals surface area contributed by atoms with Gasteiger partial charge in [0.05, 0.1) is 19.8 Å². The molecule has 0 spiro atoms. The summed E-state index contributed by atoms with van der Waals surface area (Å²) >= 11 is 0. The van der Waals surface area contributed by atoms with Gasteiger partial charge in [-0.05, 0) is 38.5 Å². The van der Waals surface area contributed by atoms with Crippen LogP contribution in [-0.4, -0.2) is 65.7 Å². The maximum Gasteiger partial charge on any atom is 0.472 e. The molecule has 0 aliphatic carbocycles. The fraction of sp³-hybridized carbons (Fsp3) is 0.922. The molecule has 0 heterocycles. The predicted octanol–water partition coefficient (Wildman–Crippen LogP) is 14.7. The number of hydrogen-bond acceptors (Lipinski definition) is 9. The van der Waals surface area contributed by atoms with Gasteiger partial charge in [0.25, 0.3) is 0 Å². The minimum atomic E-state index is -4.62. The molecule has 0 radical (unpaired) electrons. The topological polar surface area (TPSA) is 149 Å². The van der Waals surface area contributed by atoms with Gasteiger partial charge in [0.15, 0.2) is 6.10 Å². The largest absolute Gasteiger partial charge is 0.472 e. The molecule has 0 saturated heterocycles. The van der Waals surface area contributed by atoms with E-state index >= 15 is 0 Å². The van der Waals surface area contributed by atoms with Crippen LogP contribution in [0.5, 0.6) is 0 Å². The van der Waals surface area contributed by atoms with Crippen LogP contribution in [0.1, 0.15) is 264 Å². The monoisotopic (exact) mass is 903 g/mol. The third-order valence-corrected chi connectivity index (χ3v) is 12.6. The van der Waals surface area contributed by atoms with E-state index in [-0.39, 0.29) is 19.4 Å². The van der Waals surface area contributed by atoms with Crippen molar-refractivity contribution in [2.45, 2.75) is 276 Å². The summed E-state index contributed by atoms with van der Waals surface area (Å²) in [6.45, 7) is 2.44. The highest BCUT2D eigenvalue weighted by atomic mass is 31.2. The van der Waals surface area contributed by atoms with Gasteiger partial charge in [-0.1, -0.05) is 225 Å². The number of esters is 2. The van der Waals surface area contributed by atoms with Crippen molar-refractivity contribution in [3.8, 4) is 0 Å². The highest BCUT2D eigenvalue weighted by Crippen LogP contribution is 2.43. The van der Waals surface area contributed by atoms with E-state index in [1.807, 2.05) is 0 Å². The van der Waals surface area contributed by atoms with Crippen LogP contribution in [0, 0.1) is 0 Å². The van der Waals surface area contributed by atoms with E-state index in [0.717, 1.165) is 32.1 Å². The minimum Gasteiger partial charge on any atom is -0.462 e. The van der Waals surface area contributed by atoms with Crippen LogP contribution < -0.4 is 0 Å². The zero-order valence-corrected chi connectivity index (χ0v) is 41.3. The average molecular weight is 903 g/mol. The second-order valence-corrected chi connectivity index (χ2v) is 19.4. The maximum atomic E-state index is 12.7. The molecular weight excluding hydrogens is 804 g/mol. The van der Waals surface area contributed by atoms with Gasteiger partial charge in [0.1, 0.15) is 12.7 Å². The molecule has 0 rings (SSSR count). The SMILES string of the molecule is CCCCCCCC/C=C\CCCCCCCCCCCC(=O)OC(COC(=O)CCCCCCCCCCCCCCCCCCCCCC)COP(=O)(O)OCC(O)CO. The predicted molar refractivity (Wildman–Crippen MR) is 256 cm³/mol. The molecule has 0 aromatic carbocycles. The number of unbranched alkanes of at least 4 members (excludes halogenated alkanes) is 34. The molecule has 3 N–H and O–H groups in total. The second-order valence-electron chi connectivity index (χ2n) is 17.9. The number of rotatable bonds is 50. The van der Waals surface area contributed by atoms with E-state index in [2.05, 4.69) is 26.0 Å². The summed E-state index contributed by atoms with van der Waals surface area (Å²) in [5.41, 5.74) is 0. The molecular formula is C51H99O10P. The highest BCUT2D eigenvalue weighted by Gasteiger charge is 2.27. The molecule has 368 valence electrons. The van der Waals surface area contributed by atoms with Crippen LogP contribution in [0.2, 0.25) is 0 Å². The van der Waals surface area contributed by atoms with Crippen molar-refractivity contribution in [2.24, 2.45) is 0 Å². The third kappa shape index (κ3) is 46.7. The first-order chi connectivity index (χ1) is 30.2. The van der Waals surface area contributed by atoms with Crippen molar-refractivity contribution in [3.05, 3.63) is 12.2 Å². The van der Waals surface area contributed by atoms with Crippen molar-refractivity contribution >= 4 is 19.8 Å².